The number of anilines is 2. The quantitative estimate of drug-likeness (QED) is 0.820. The molecule has 0 unspecified atom stereocenters. The Morgan fingerprint density at radius 3 is 2.63 bits per heavy atom. The number of hydrogen-bond acceptors (Lipinski definition) is 2. The summed E-state index contributed by atoms with van der Waals surface area (Å²) in [5.74, 6) is -0.325. The highest BCUT2D eigenvalue weighted by atomic mass is 79.9. The molecule has 2 aromatic rings. The predicted octanol–water partition coefficient (Wildman–Crippen LogP) is 4.27. The van der Waals surface area contributed by atoms with Gasteiger partial charge in [-0.05, 0) is 53.2 Å². The van der Waals surface area contributed by atoms with Gasteiger partial charge in [-0.1, -0.05) is 23.8 Å². The van der Waals surface area contributed by atoms with Crippen LogP contribution in [0.5, 0.6) is 0 Å². The fraction of sp³-hybridized carbons (Fsp3) is 0.0714. The van der Waals surface area contributed by atoms with E-state index >= 15 is 0 Å². The minimum absolute atomic E-state index is 0.309. The van der Waals surface area contributed by atoms with Crippen molar-refractivity contribution in [1.29, 1.82) is 0 Å². The number of rotatable bonds is 3. The largest absolute Gasteiger partial charge is 0.389 e. The third kappa shape index (κ3) is 3.30. The van der Waals surface area contributed by atoms with Gasteiger partial charge in [0.1, 0.15) is 10.8 Å². The maximum Gasteiger partial charge on any atom is 0.139 e. The fourth-order valence-electron chi connectivity index (χ4n) is 1.70. The van der Waals surface area contributed by atoms with Crippen LogP contribution >= 0.6 is 28.1 Å². The maximum atomic E-state index is 13.5. The summed E-state index contributed by atoms with van der Waals surface area (Å²) in [5.41, 5.74) is 8.92. The van der Waals surface area contributed by atoms with Crippen LogP contribution < -0.4 is 11.1 Å². The van der Waals surface area contributed by atoms with Crippen molar-refractivity contribution in [3.63, 3.8) is 0 Å². The molecular weight excluding hydrogens is 327 g/mol. The first kappa shape index (κ1) is 14.0. The van der Waals surface area contributed by atoms with E-state index in [9.17, 15) is 4.39 Å². The number of hydrogen-bond donors (Lipinski definition) is 2. The monoisotopic (exact) mass is 338 g/mol. The van der Waals surface area contributed by atoms with Gasteiger partial charge in [0, 0.05) is 16.9 Å². The van der Waals surface area contributed by atoms with Crippen LogP contribution in [0.1, 0.15) is 11.1 Å². The van der Waals surface area contributed by atoms with E-state index in [1.165, 1.54) is 6.07 Å². The summed E-state index contributed by atoms with van der Waals surface area (Å²) in [6.45, 7) is 1.96. The van der Waals surface area contributed by atoms with Gasteiger partial charge in [-0.2, -0.15) is 0 Å². The predicted molar refractivity (Wildman–Crippen MR) is 84.4 cm³/mol. The van der Waals surface area contributed by atoms with Crippen LogP contribution in [-0.4, -0.2) is 4.99 Å². The van der Waals surface area contributed by atoms with Gasteiger partial charge in [-0.25, -0.2) is 4.39 Å². The number of nitrogens with one attached hydrogen (secondary N) is 1. The molecule has 0 aliphatic heterocycles. The molecule has 98 valence electrons. The van der Waals surface area contributed by atoms with Gasteiger partial charge >= 0.3 is 0 Å². The molecule has 0 atom stereocenters. The van der Waals surface area contributed by atoms with Gasteiger partial charge < -0.3 is 11.1 Å². The van der Waals surface area contributed by atoms with Crippen LogP contribution in [0.2, 0.25) is 0 Å². The molecule has 0 aromatic heterocycles. The van der Waals surface area contributed by atoms with E-state index in [1.807, 2.05) is 25.1 Å². The van der Waals surface area contributed by atoms with Gasteiger partial charge in [0.15, 0.2) is 0 Å². The smallest absolute Gasteiger partial charge is 0.139 e. The Balaban J connectivity index is 2.37. The topological polar surface area (TPSA) is 38.0 Å². The highest BCUT2D eigenvalue weighted by Crippen LogP contribution is 2.25. The SMILES string of the molecule is Cc1ccc(Nc2ccc(Br)c(F)c2)c(C(N)=S)c1. The summed E-state index contributed by atoms with van der Waals surface area (Å²) in [4.78, 5) is 0.309. The zero-order valence-corrected chi connectivity index (χ0v) is 12.6. The van der Waals surface area contributed by atoms with Gasteiger partial charge in [0.05, 0.1) is 4.47 Å². The van der Waals surface area contributed by atoms with Crippen LogP contribution in [0.4, 0.5) is 15.8 Å². The number of nitrogens with two attached hydrogens (primary N) is 1. The van der Waals surface area contributed by atoms with Gasteiger partial charge in [0.25, 0.3) is 0 Å². The lowest BCUT2D eigenvalue weighted by molar-refractivity contribution is 0.622. The summed E-state index contributed by atoms with van der Waals surface area (Å²) >= 11 is 8.15. The minimum atomic E-state index is -0.325. The van der Waals surface area contributed by atoms with E-state index in [0.717, 1.165) is 16.8 Å². The second kappa shape index (κ2) is 5.67. The Hall–Kier alpha value is -1.46. The third-order valence-corrected chi connectivity index (χ3v) is 3.50. The zero-order valence-electron chi connectivity index (χ0n) is 10.2. The van der Waals surface area contributed by atoms with Crippen molar-refractivity contribution in [2.24, 2.45) is 5.73 Å². The lowest BCUT2D eigenvalue weighted by Gasteiger charge is -2.12. The van der Waals surface area contributed by atoms with Crippen LogP contribution in [0.15, 0.2) is 40.9 Å². The lowest BCUT2D eigenvalue weighted by Crippen LogP contribution is -2.12. The minimum Gasteiger partial charge on any atom is -0.389 e. The molecule has 19 heavy (non-hydrogen) atoms. The van der Waals surface area contributed by atoms with Crippen molar-refractivity contribution in [2.75, 3.05) is 5.32 Å². The average molecular weight is 339 g/mol. The molecule has 0 amide bonds. The molecule has 0 aliphatic carbocycles. The first-order chi connectivity index (χ1) is 8.97. The second-order valence-electron chi connectivity index (χ2n) is 4.17. The van der Waals surface area contributed by atoms with Crippen molar-refractivity contribution in [3.8, 4) is 0 Å². The molecule has 0 radical (unpaired) electrons. The summed E-state index contributed by atoms with van der Waals surface area (Å²) in [5, 5.41) is 3.12. The van der Waals surface area contributed by atoms with Crippen molar-refractivity contribution >= 4 is 44.5 Å². The van der Waals surface area contributed by atoms with Crippen LogP contribution in [-0.2, 0) is 0 Å². The van der Waals surface area contributed by atoms with E-state index in [-0.39, 0.29) is 5.82 Å². The Morgan fingerprint density at radius 1 is 1.26 bits per heavy atom. The zero-order chi connectivity index (χ0) is 14.0. The summed E-state index contributed by atoms with van der Waals surface area (Å²) < 4.78 is 13.9. The molecule has 0 saturated heterocycles. The van der Waals surface area contributed by atoms with Crippen LogP contribution in [0, 0.1) is 12.7 Å². The molecule has 0 heterocycles. The summed E-state index contributed by atoms with van der Waals surface area (Å²) in [6.07, 6.45) is 0. The van der Waals surface area contributed by atoms with Crippen LogP contribution in [0.25, 0.3) is 0 Å². The average Bonchev–Trinajstić information content (AvgIpc) is 2.36. The number of benzene rings is 2. The molecule has 0 spiro atoms. The molecule has 0 saturated carbocycles. The Morgan fingerprint density at radius 2 is 2.00 bits per heavy atom. The van der Waals surface area contributed by atoms with Gasteiger partial charge in [-0.15, -0.1) is 0 Å². The first-order valence-electron chi connectivity index (χ1n) is 5.60. The summed E-state index contributed by atoms with van der Waals surface area (Å²) in [7, 11) is 0. The van der Waals surface area contributed by atoms with Gasteiger partial charge in [0.2, 0.25) is 0 Å². The Kier molecular flexibility index (Phi) is 4.17. The highest BCUT2D eigenvalue weighted by Gasteiger charge is 2.07. The van der Waals surface area contributed by atoms with Crippen molar-refractivity contribution in [1.82, 2.24) is 0 Å². The molecule has 5 heteroatoms. The van der Waals surface area contributed by atoms with E-state index in [0.29, 0.717) is 15.1 Å². The maximum absolute atomic E-state index is 13.5. The number of halogens is 2. The second-order valence-corrected chi connectivity index (χ2v) is 5.46. The Bertz CT molecular complexity index is 643. The molecule has 0 fully saturated rings. The van der Waals surface area contributed by atoms with E-state index < -0.39 is 0 Å². The van der Waals surface area contributed by atoms with E-state index in [4.69, 9.17) is 18.0 Å². The standard InChI is InChI=1S/C14H12BrFN2S/c1-8-2-5-13(10(6-8)14(17)19)18-9-3-4-11(15)12(16)7-9/h2-7,18H,1H3,(H2,17,19). The Labute approximate surface area is 124 Å². The van der Waals surface area contributed by atoms with Crippen molar-refractivity contribution in [3.05, 3.63) is 57.8 Å². The molecule has 2 aromatic carbocycles. The van der Waals surface area contributed by atoms with Crippen LogP contribution in [0.3, 0.4) is 0 Å². The summed E-state index contributed by atoms with van der Waals surface area (Å²) in [6, 6.07) is 10.6. The van der Waals surface area contributed by atoms with Gasteiger partial charge in [-0.3, -0.25) is 0 Å². The lowest BCUT2D eigenvalue weighted by atomic mass is 10.1. The molecule has 0 bridgehead atoms. The van der Waals surface area contributed by atoms with Crippen molar-refractivity contribution in [2.45, 2.75) is 6.92 Å². The van der Waals surface area contributed by atoms with E-state index in [1.54, 1.807) is 12.1 Å². The molecule has 3 N–H and O–H groups in total. The number of thiocarbonyl (C=S) groups is 1. The molecule has 0 aliphatic rings. The van der Waals surface area contributed by atoms with E-state index in [2.05, 4.69) is 21.2 Å². The van der Waals surface area contributed by atoms with Crippen molar-refractivity contribution < 1.29 is 4.39 Å². The molecule has 2 rings (SSSR count). The highest BCUT2D eigenvalue weighted by molar-refractivity contribution is 9.10. The molecule has 2 nitrogen and oxygen atoms in total. The fourth-order valence-corrected chi connectivity index (χ4v) is 2.12. The third-order valence-electron chi connectivity index (χ3n) is 2.64. The number of aryl methyl sites for hydroxylation is 1. The normalized spacial score (nSPS) is 10.3. The molecular formula is C14H12BrFN2S. The first-order valence-corrected chi connectivity index (χ1v) is 6.80.